The molecule has 12 heteroatoms. The fourth-order valence-corrected chi connectivity index (χ4v) is 5.34. The molecule has 1 aromatic carbocycles. The van der Waals surface area contributed by atoms with E-state index in [-0.39, 0.29) is 17.6 Å². The molecule has 0 bridgehead atoms. The summed E-state index contributed by atoms with van der Waals surface area (Å²) in [5.41, 5.74) is 6.72. The van der Waals surface area contributed by atoms with Gasteiger partial charge in [0.05, 0.1) is 29.3 Å². The largest absolute Gasteiger partial charge is 0.384 e. The van der Waals surface area contributed by atoms with Gasteiger partial charge in [0.15, 0.2) is 11.5 Å². The quantitative estimate of drug-likeness (QED) is 0.174. The molecule has 1 aliphatic rings. The Labute approximate surface area is 252 Å². The number of amides is 1. The second-order valence-electron chi connectivity index (χ2n) is 11.4. The first-order valence-corrected chi connectivity index (χ1v) is 14.6. The highest BCUT2D eigenvalue weighted by molar-refractivity contribution is 5.97. The molecule has 6 aromatic rings. The monoisotopic (exact) mass is 590 g/mol. The fraction of sp³-hybridized carbons (Fsp3) is 0.250. The minimum absolute atomic E-state index is 0.0312. The van der Waals surface area contributed by atoms with E-state index < -0.39 is 0 Å². The molecule has 44 heavy (non-hydrogen) atoms. The summed E-state index contributed by atoms with van der Waals surface area (Å²) in [6.07, 6.45) is 9.70. The number of nitrogens with one attached hydrogen (secondary N) is 4. The van der Waals surface area contributed by atoms with Crippen LogP contribution in [0.4, 0.5) is 15.8 Å². The van der Waals surface area contributed by atoms with Crippen molar-refractivity contribution in [2.24, 2.45) is 5.92 Å². The maximum absolute atomic E-state index is 14.7. The molecule has 1 saturated carbocycles. The molecule has 0 unspecified atom stereocenters. The van der Waals surface area contributed by atoms with Gasteiger partial charge in [-0.15, -0.1) is 0 Å². The molecular weight excluding hydrogens is 559 g/mol. The smallest absolute Gasteiger partial charge is 0.227 e. The SMILES string of the molecule is CN(C)CCNc1cc(F)cc(-c2ccnc3[nH]c(-c4n[nH]c5cnc(-c6cncc(NC(=O)C7CCC7)c6)cc45)nc23)c1. The van der Waals surface area contributed by atoms with E-state index in [1.165, 1.54) is 12.1 Å². The van der Waals surface area contributed by atoms with Gasteiger partial charge in [-0.2, -0.15) is 5.10 Å². The number of anilines is 2. The van der Waals surface area contributed by atoms with Crippen molar-refractivity contribution < 1.29 is 9.18 Å². The summed E-state index contributed by atoms with van der Waals surface area (Å²) < 4.78 is 14.7. The van der Waals surface area contributed by atoms with Crippen LogP contribution in [-0.4, -0.2) is 73.1 Å². The third-order valence-electron chi connectivity index (χ3n) is 7.93. The predicted molar refractivity (Wildman–Crippen MR) is 168 cm³/mol. The number of benzene rings is 1. The van der Waals surface area contributed by atoms with Crippen LogP contribution < -0.4 is 10.6 Å². The number of halogens is 1. The van der Waals surface area contributed by atoms with Gasteiger partial charge >= 0.3 is 0 Å². The number of aromatic nitrogens is 7. The van der Waals surface area contributed by atoms with E-state index in [1.54, 1.807) is 24.8 Å². The fourth-order valence-electron chi connectivity index (χ4n) is 5.34. The van der Waals surface area contributed by atoms with E-state index in [0.717, 1.165) is 47.8 Å². The summed E-state index contributed by atoms with van der Waals surface area (Å²) in [6.45, 7) is 1.51. The lowest BCUT2D eigenvalue weighted by atomic mass is 9.85. The Bertz CT molecular complexity index is 1990. The average molecular weight is 591 g/mol. The van der Waals surface area contributed by atoms with Crippen molar-refractivity contribution in [3.8, 4) is 33.9 Å². The number of imidazole rings is 1. The standard InChI is InChI=1S/C32H31FN10O/c1-43(2)9-8-35-22-11-19(10-21(33)13-22)24-6-7-36-30-28(24)39-31(40-30)29-25-14-26(37-17-27(25)41-42-29)20-12-23(16-34-15-20)38-32(44)18-4-3-5-18/h6-7,10-18,35H,3-5,8-9H2,1-2H3,(H,38,44)(H,41,42)(H,36,39,40). The van der Waals surface area contributed by atoms with Crippen molar-refractivity contribution in [1.29, 1.82) is 0 Å². The highest BCUT2D eigenvalue weighted by Gasteiger charge is 2.25. The number of H-pyrrole nitrogens is 2. The molecule has 4 N–H and O–H groups in total. The van der Waals surface area contributed by atoms with Gasteiger partial charge in [-0.3, -0.25) is 19.9 Å². The number of pyridine rings is 3. The third kappa shape index (κ3) is 5.47. The van der Waals surface area contributed by atoms with Crippen molar-refractivity contribution in [3.63, 3.8) is 0 Å². The van der Waals surface area contributed by atoms with Gasteiger partial charge in [0.1, 0.15) is 17.0 Å². The van der Waals surface area contributed by atoms with Crippen molar-refractivity contribution in [3.05, 3.63) is 67.0 Å². The maximum Gasteiger partial charge on any atom is 0.227 e. The number of likely N-dealkylation sites (N-methyl/N-ethyl adjacent to an activating group) is 1. The topological polar surface area (TPSA) is 140 Å². The molecular formula is C32H31FN10O. The number of aromatic amines is 2. The number of hydrogen-bond acceptors (Lipinski definition) is 8. The van der Waals surface area contributed by atoms with E-state index in [0.29, 0.717) is 51.9 Å². The maximum atomic E-state index is 14.7. The second kappa shape index (κ2) is 11.5. The molecule has 222 valence electrons. The molecule has 0 spiro atoms. The van der Waals surface area contributed by atoms with Gasteiger partial charge in [-0.05, 0) is 68.9 Å². The molecule has 1 fully saturated rings. The van der Waals surface area contributed by atoms with Gasteiger partial charge < -0.3 is 20.5 Å². The highest BCUT2D eigenvalue weighted by atomic mass is 19.1. The summed E-state index contributed by atoms with van der Waals surface area (Å²) in [5.74, 6) is 0.288. The number of rotatable bonds is 9. The lowest BCUT2D eigenvalue weighted by Gasteiger charge is -2.24. The first kappa shape index (κ1) is 27.6. The summed E-state index contributed by atoms with van der Waals surface area (Å²) in [4.78, 5) is 36.1. The van der Waals surface area contributed by atoms with Crippen LogP contribution in [0.25, 0.3) is 56.0 Å². The highest BCUT2D eigenvalue weighted by Crippen LogP contribution is 2.33. The van der Waals surface area contributed by atoms with Crippen LogP contribution >= 0.6 is 0 Å². The zero-order valence-electron chi connectivity index (χ0n) is 24.4. The van der Waals surface area contributed by atoms with Crippen LogP contribution in [0.5, 0.6) is 0 Å². The Hall–Kier alpha value is -5.23. The Morgan fingerprint density at radius 3 is 2.73 bits per heavy atom. The molecule has 0 saturated heterocycles. The summed E-state index contributed by atoms with van der Waals surface area (Å²) in [6, 6.07) is 10.5. The summed E-state index contributed by atoms with van der Waals surface area (Å²) in [7, 11) is 3.99. The summed E-state index contributed by atoms with van der Waals surface area (Å²) >= 11 is 0. The molecule has 5 heterocycles. The van der Waals surface area contributed by atoms with Gasteiger partial charge in [0.25, 0.3) is 0 Å². The Morgan fingerprint density at radius 2 is 1.91 bits per heavy atom. The Morgan fingerprint density at radius 1 is 1.05 bits per heavy atom. The number of nitrogens with zero attached hydrogens (tertiary/aromatic N) is 6. The van der Waals surface area contributed by atoms with Crippen LogP contribution in [0.3, 0.4) is 0 Å². The normalized spacial score (nSPS) is 13.5. The zero-order valence-corrected chi connectivity index (χ0v) is 24.4. The van der Waals surface area contributed by atoms with Crippen molar-refractivity contribution in [1.82, 2.24) is 40.0 Å². The van der Waals surface area contributed by atoms with Crippen molar-refractivity contribution >= 4 is 39.3 Å². The van der Waals surface area contributed by atoms with Gasteiger partial charge in [-0.1, -0.05) is 6.42 Å². The van der Waals surface area contributed by atoms with Gasteiger partial charge in [0.2, 0.25) is 5.91 Å². The van der Waals surface area contributed by atoms with E-state index in [1.807, 2.05) is 38.4 Å². The van der Waals surface area contributed by atoms with Crippen LogP contribution in [0.15, 0.2) is 61.2 Å². The van der Waals surface area contributed by atoms with E-state index in [9.17, 15) is 9.18 Å². The molecule has 0 atom stereocenters. The third-order valence-corrected chi connectivity index (χ3v) is 7.93. The molecule has 0 radical (unpaired) electrons. The first-order valence-electron chi connectivity index (χ1n) is 14.6. The van der Waals surface area contributed by atoms with Crippen LogP contribution in [0.2, 0.25) is 0 Å². The van der Waals surface area contributed by atoms with E-state index in [2.05, 4.69) is 45.7 Å². The van der Waals surface area contributed by atoms with Gasteiger partial charge in [-0.25, -0.2) is 14.4 Å². The second-order valence-corrected chi connectivity index (χ2v) is 11.4. The lowest BCUT2D eigenvalue weighted by molar-refractivity contribution is -0.122. The zero-order chi connectivity index (χ0) is 30.2. The van der Waals surface area contributed by atoms with Crippen LogP contribution in [-0.2, 0) is 4.79 Å². The van der Waals surface area contributed by atoms with Crippen molar-refractivity contribution in [2.45, 2.75) is 19.3 Å². The number of hydrogen-bond donors (Lipinski definition) is 4. The number of fused-ring (bicyclic) bond motifs is 2. The minimum atomic E-state index is -0.338. The Kier molecular flexibility index (Phi) is 7.18. The molecule has 0 aliphatic heterocycles. The van der Waals surface area contributed by atoms with Crippen molar-refractivity contribution in [2.75, 3.05) is 37.8 Å². The molecule has 1 aliphatic carbocycles. The van der Waals surface area contributed by atoms with Crippen LogP contribution in [0.1, 0.15) is 19.3 Å². The minimum Gasteiger partial charge on any atom is -0.384 e. The van der Waals surface area contributed by atoms with Gasteiger partial charge in [0, 0.05) is 53.6 Å². The lowest BCUT2D eigenvalue weighted by Crippen LogP contribution is -2.28. The number of carbonyl (C=O) groups excluding carboxylic acids is 1. The molecule has 1 amide bonds. The average Bonchev–Trinajstić information content (AvgIpc) is 3.59. The Balaban J connectivity index is 1.21. The van der Waals surface area contributed by atoms with E-state index in [4.69, 9.17) is 4.98 Å². The predicted octanol–water partition coefficient (Wildman–Crippen LogP) is 5.48. The molecule has 11 nitrogen and oxygen atoms in total. The molecule has 7 rings (SSSR count). The summed E-state index contributed by atoms with van der Waals surface area (Å²) in [5, 5.41) is 14.6. The van der Waals surface area contributed by atoms with E-state index >= 15 is 0 Å². The number of carbonyl (C=O) groups is 1. The van der Waals surface area contributed by atoms with Crippen LogP contribution in [0, 0.1) is 11.7 Å². The molecule has 5 aromatic heterocycles. The first-order chi connectivity index (χ1) is 21.4.